The van der Waals surface area contributed by atoms with Crippen LogP contribution in [0.25, 0.3) is 5.69 Å². The van der Waals surface area contributed by atoms with Gasteiger partial charge in [0.1, 0.15) is 11.4 Å². The number of nitrogens with zero attached hydrogens (tertiary/aromatic N) is 1. The molecule has 0 unspecified atom stereocenters. The Bertz CT molecular complexity index is 1390. The summed E-state index contributed by atoms with van der Waals surface area (Å²) in [5.74, 6) is -2.58. The van der Waals surface area contributed by atoms with E-state index >= 15 is 0 Å². The monoisotopic (exact) mass is 487 g/mol. The molecule has 0 saturated carbocycles. The van der Waals surface area contributed by atoms with E-state index < -0.39 is 52.2 Å². The molecule has 1 aromatic heterocycles. The summed E-state index contributed by atoms with van der Waals surface area (Å²) in [4.78, 5) is 28.0. The third-order valence-corrected chi connectivity index (χ3v) is 5.32. The van der Waals surface area contributed by atoms with Gasteiger partial charge < -0.3 is 0 Å². The summed E-state index contributed by atoms with van der Waals surface area (Å²) in [7, 11) is 0. The van der Waals surface area contributed by atoms with Gasteiger partial charge in [-0.05, 0) is 43.3 Å². The van der Waals surface area contributed by atoms with Crippen LogP contribution in [0.1, 0.15) is 16.7 Å². The normalized spacial score (nSPS) is 15.4. The lowest BCUT2D eigenvalue weighted by molar-refractivity contribution is -0.658. The number of amidine groups is 1. The van der Waals surface area contributed by atoms with E-state index in [1.54, 1.807) is 6.92 Å². The van der Waals surface area contributed by atoms with Gasteiger partial charge in [0.25, 0.3) is 11.4 Å². The van der Waals surface area contributed by atoms with Gasteiger partial charge in [-0.1, -0.05) is 17.7 Å². The first-order valence-electron chi connectivity index (χ1n) is 9.54. The zero-order chi connectivity index (χ0) is 25.1. The number of rotatable bonds is 2. The molecule has 2 aromatic carbocycles. The predicted molar refractivity (Wildman–Crippen MR) is 106 cm³/mol. The molecular formula is C21H14F7N4O2+. The fraction of sp³-hybridized carbons (Fsp3) is 0.190. The Morgan fingerprint density at radius 1 is 0.882 bits per heavy atom. The lowest BCUT2D eigenvalue weighted by Crippen LogP contribution is -2.97. The number of halogens is 7. The second kappa shape index (κ2) is 7.57. The van der Waals surface area contributed by atoms with Crippen LogP contribution in [0, 0.1) is 12.7 Å². The third kappa shape index (κ3) is 3.47. The molecule has 3 aromatic rings. The van der Waals surface area contributed by atoms with Crippen molar-refractivity contribution < 1.29 is 35.7 Å². The van der Waals surface area contributed by atoms with E-state index in [1.165, 1.54) is 34.2 Å². The summed E-state index contributed by atoms with van der Waals surface area (Å²) in [5, 5.41) is 2.35. The lowest BCUT2D eigenvalue weighted by Gasteiger charge is -2.35. The first kappa shape index (κ1) is 23.3. The molecule has 1 aliphatic heterocycles. The van der Waals surface area contributed by atoms with Crippen molar-refractivity contribution >= 4 is 11.7 Å². The topological polar surface area (TPSA) is 80.9 Å². The molecule has 0 aliphatic carbocycles. The van der Waals surface area contributed by atoms with Crippen LogP contribution >= 0.6 is 0 Å². The second-order valence-corrected chi connectivity index (χ2v) is 7.53. The number of H-pyrrole nitrogens is 1. The number of aromatic nitrogens is 2. The van der Waals surface area contributed by atoms with Gasteiger partial charge in [0.05, 0.1) is 11.3 Å². The number of aromatic amines is 1. The molecule has 2 heterocycles. The molecular weight excluding hydrogens is 473 g/mol. The minimum Gasteiger partial charge on any atom is -0.273 e. The molecule has 0 fully saturated rings. The number of anilines is 1. The van der Waals surface area contributed by atoms with Crippen LogP contribution in [-0.2, 0) is 5.54 Å². The average Bonchev–Trinajstić information content (AvgIpc) is 2.73. The first-order valence-corrected chi connectivity index (χ1v) is 9.54. The first-order chi connectivity index (χ1) is 15.8. The summed E-state index contributed by atoms with van der Waals surface area (Å²) in [6.45, 7) is 1.66. The molecule has 0 spiro atoms. The van der Waals surface area contributed by atoms with Gasteiger partial charge in [0, 0.05) is 0 Å². The maximum Gasteiger partial charge on any atom is 0.446 e. The van der Waals surface area contributed by atoms with E-state index in [0.29, 0.717) is 10.1 Å². The summed E-state index contributed by atoms with van der Waals surface area (Å²) >= 11 is 0. The summed E-state index contributed by atoms with van der Waals surface area (Å²) in [5.41, 5.74) is -9.61. The zero-order valence-corrected chi connectivity index (χ0v) is 17.0. The Kier molecular flexibility index (Phi) is 5.18. The maximum absolute atomic E-state index is 14.3. The van der Waals surface area contributed by atoms with E-state index in [-0.39, 0.29) is 11.3 Å². The number of alkyl halides is 6. The van der Waals surface area contributed by atoms with Crippen LogP contribution in [-0.4, -0.2) is 27.7 Å². The molecule has 0 atom stereocenters. The molecule has 34 heavy (non-hydrogen) atoms. The predicted octanol–water partition coefficient (Wildman–Crippen LogP) is 2.25. The highest BCUT2D eigenvalue weighted by atomic mass is 19.4. The number of hydrogen-bond acceptors (Lipinski definition) is 3. The smallest absolute Gasteiger partial charge is 0.273 e. The Balaban J connectivity index is 2.17. The number of aryl methyl sites for hydroxylation is 1. The van der Waals surface area contributed by atoms with E-state index in [9.17, 15) is 40.3 Å². The van der Waals surface area contributed by atoms with Gasteiger partial charge in [-0.25, -0.2) is 24.1 Å². The molecule has 0 saturated heterocycles. The van der Waals surface area contributed by atoms with Crippen LogP contribution in [0.4, 0.5) is 36.6 Å². The number of fused-ring (bicyclic) bond motifs is 1. The minimum atomic E-state index is -6.07. The molecule has 6 nitrogen and oxygen atoms in total. The largest absolute Gasteiger partial charge is 0.446 e. The molecule has 1 aliphatic rings. The van der Waals surface area contributed by atoms with Crippen LogP contribution in [0.15, 0.2) is 58.1 Å². The van der Waals surface area contributed by atoms with Crippen molar-refractivity contribution in [3.8, 4) is 5.69 Å². The van der Waals surface area contributed by atoms with Crippen molar-refractivity contribution in [2.75, 3.05) is 5.32 Å². The van der Waals surface area contributed by atoms with Gasteiger partial charge in [-0.15, -0.1) is 0 Å². The fourth-order valence-electron chi connectivity index (χ4n) is 3.69. The van der Waals surface area contributed by atoms with Crippen molar-refractivity contribution in [3.05, 3.63) is 91.9 Å². The van der Waals surface area contributed by atoms with Gasteiger partial charge >= 0.3 is 23.6 Å². The van der Waals surface area contributed by atoms with Gasteiger partial charge in [-0.2, -0.15) is 26.3 Å². The average molecular weight is 487 g/mol. The molecule has 3 N–H and O–H groups in total. The minimum absolute atomic E-state index is 0.104. The van der Waals surface area contributed by atoms with Crippen molar-refractivity contribution in [2.24, 2.45) is 0 Å². The highest BCUT2D eigenvalue weighted by molar-refractivity contribution is 6.05. The lowest BCUT2D eigenvalue weighted by atomic mass is 9.87. The Hall–Kier alpha value is -3.90. The maximum atomic E-state index is 14.3. The van der Waals surface area contributed by atoms with E-state index in [2.05, 4.69) is 5.32 Å². The van der Waals surface area contributed by atoms with Crippen molar-refractivity contribution in [3.63, 3.8) is 0 Å². The number of nitrogens with one attached hydrogen (secondary N) is 3. The highest BCUT2D eigenvalue weighted by Crippen LogP contribution is 2.48. The second-order valence-electron chi connectivity index (χ2n) is 7.53. The Morgan fingerprint density at radius 2 is 1.44 bits per heavy atom. The number of benzene rings is 2. The van der Waals surface area contributed by atoms with E-state index in [1.807, 2.05) is 0 Å². The standard InChI is InChI=1S/C21H13F7N4O2/c1-10-2-4-11(5-3-10)15-29-16-14(19(31-15,20(23,24)25)21(26,27)28)17(33)30-18(34)32(16)13-8-6-12(22)7-9-13/h2-9H,1H3,(H,29,31)(H,30,33,34)/p+1. The van der Waals surface area contributed by atoms with E-state index in [0.717, 1.165) is 24.3 Å². The molecule has 0 amide bonds. The fourth-order valence-corrected chi connectivity index (χ4v) is 3.69. The quantitative estimate of drug-likeness (QED) is 0.486. The van der Waals surface area contributed by atoms with E-state index in [4.69, 9.17) is 0 Å². The van der Waals surface area contributed by atoms with Crippen molar-refractivity contribution in [1.82, 2.24) is 9.55 Å². The Labute approximate surface area is 185 Å². The van der Waals surface area contributed by atoms with Crippen LogP contribution in [0.2, 0.25) is 0 Å². The Morgan fingerprint density at radius 3 is 1.97 bits per heavy atom. The molecule has 0 radical (unpaired) electrons. The summed E-state index contributed by atoms with van der Waals surface area (Å²) < 4.78 is 99.5. The van der Waals surface area contributed by atoms with Crippen LogP contribution < -0.4 is 21.6 Å². The highest BCUT2D eigenvalue weighted by Gasteiger charge is 2.78. The van der Waals surface area contributed by atoms with Gasteiger partial charge in [-0.3, -0.25) is 9.78 Å². The third-order valence-electron chi connectivity index (χ3n) is 5.32. The molecule has 178 valence electrons. The number of hydrogen-bond donors (Lipinski definition) is 3. The van der Waals surface area contributed by atoms with Crippen LogP contribution in [0.5, 0.6) is 0 Å². The van der Waals surface area contributed by atoms with Crippen LogP contribution in [0.3, 0.4) is 0 Å². The molecule has 13 heteroatoms. The zero-order valence-electron chi connectivity index (χ0n) is 17.0. The SMILES string of the molecule is Cc1ccc(C2=[NH+]C(C(F)(F)F)(C(F)(F)F)c3c(n(-c4ccc(F)cc4)c(=O)[nH]c3=O)N2)cc1. The summed E-state index contributed by atoms with van der Waals surface area (Å²) in [6.07, 6.45) is -12.1. The summed E-state index contributed by atoms with van der Waals surface area (Å²) in [6, 6.07) is 9.07. The van der Waals surface area contributed by atoms with Gasteiger partial charge in [0.15, 0.2) is 0 Å². The molecule has 0 bridgehead atoms. The molecule has 4 rings (SSSR count). The van der Waals surface area contributed by atoms with Crippen molar-refractivity contribution in [2.45, 2.75) is 24.8 Å². The van der Waals surface area contributed by atoms with Crippen molar-refractivity contribution in [1.29, 1.82) is 0 Å². The van der Waals surface area contributed by atoms with Gasteiger partial charge in [0.2, 0.25) is 5.82 Å².